The maximum absolute atomic E-state index is 12.2. The molecule has 1 saturated heterocycles. The first kappa shape index (κ1) is 14.0. The lowest BCUT2D eigenvalue weighted by Crippen LogP contribution is -2.31. The quantitative estimate of drug-likeness (QED) is 0.439. The van der Waals surface area contributed by atoms with Gasteiger partial charge in [0.1, 0.15) is 11.9 Å². The van der Waals surface area contributed by atoms with Crippen LogP contribution in [0.2, 0.25) is 0 Å². The van der Waals surface area contributed by atoms with Crippen molar-refractivity contribution < 1.29 is 19.1 Å². The van der Waals surface area contributed by atoms with E-state index in [9.17, 15) is 9.59 Å². The van der Waals surface area contributed by atoms with Gasteiger partial charge in [-0.2, -0.15) is 0 Å². The Morgan fingerprint density at radius 2 is 2.20 bits per heavy atom. The van der Waals surface area contributed by atoms with E-state index in [0.717, 1.165) is 12.7 Å². The van der Waals surface area contributed by atoms with Crippen LogP contribution >= 0.6 is 0 Å². The lowest BCUT2D eigenvalue weighted by molar-refractivity contribution is -0.132. The first-order valence-corrected chi connectivity index (χ1v) is 7.25. The van der Waals surface area contributed by atoms with Crippen molar-refractivity contribution in [1.82, 2.24) is 0 Å². The fourth-order valence-electron chi connectivity index (χ4n) is 4.49. The van der Waals surface area contributed by atoms with E-state index in [-0.39, 0.29) is 17.8 Å². The Bertz CT molecular complexity index is 507. The summed E-state index contributed by atoms with van der Waals surface area (Å²) in [6.07, 6.45) is 5.04. The van der Waals surface area contributed by atoms with Crippen molar-refractivity contribution in [2.24, 2.45) is 11.3 Å². The Morgan fingerprint density at radius 3 is 2.70 bits per heavy atom. The molecule has 0 unspecified atom stereocenters. The molecule has 2 aliphatic carbocycles. The summed E-state index contributed by atoms with van der Waals surface area (Å²) in [5.41, 5.74) is -0.711. The van der Waals surface area contributed by atoms with E-state index in [1.54, 1.807) is 0 Å². The van der Waals surface area contributed by atoms with Gasteiger partial charge in [-0.05, 0) is 33.6 Å². The second kappa shape index (κ2) is 4.01. The topological polar surface area (TPSA) is 55.9 Å². The molecule has 0 aromatic heterocycles. The van der Waals surface area contributed by atoms with Crippen LogP contribution in [0.3, 0.4) is 0 Å². The van der Waals surface area contributed by atoms with Gasteiger partial charge in [0.15, 0.2) is 5.78 Å². The van der Waals surface area contributed by atoms with Crippen LogP contribution in [-0.2, 0) is 19.1 Å². The van der Waals surface area contributed by atoms with E-state index in [4.69, 9.17) is 9.47 Å². The van der Waals surface area contributed by atoms with Crippen LogP contribution in [0.15, 0.2) is 11.6 Å². The molecule has 1 aliphatic heterocycles. The van der Waals surface area contributed by atoms with Gasteiger partial charge >= 0.3 is 0 Å². The summed E-state index contributed by atoms with van der Waals surface area (Å²) in [5.74, 6) is -0.0587. The molecule has 2 saturated carbocycles. The molecular weight excluding hydrogens is 256 g/mol. The van der Waals surface area contributed by atoms with Crippen molar-refractivity contribution in [3.8, 4) is 0 Å². The molecule has 0 aromatic carbocycles. The molecule has 3 fully saturated rings. The Labute approximate surface area is 119 Å². The minimum Gasteiger partial charge on any atom is -0.369 e. The SMILES string of the molecule is CO[C@]12C(=O)CC[C@@]1(C=O)[C@H]2[C@@]1(C)O[C@@H]1CC=C(C)C. The number of carbonyl (C=O) groups excluding carboxylic acids is 2. The largest absolute Gasteiger partial charge is 0.369 e. The Balaban J connectivity index is 1.85. The average molecular weight is 278 g/mol. The molecule has 4 nitrogen and oxygen atoms in total. The van der Waals surface area contributed by atoms with E-state index in [2.05, 4.69) is 19.9 Å². The van der Waals surface area contributed by atoms with Gasteiger partial charge in [0.2, 0.25) is 0 Å². The molecule has 0 amide bonds. The zero-order valence-electron chi connectivity index (χ0n) is 12.6. The minimum absolute atomic E-state index is 0.0646. The number of hydrogen-bond donors (Lipinski definition) is 0. The van der Waals surface area contributed by atoms with E-state index < -0.39 is 16.6 Å². The number of fused-ring (bicyclic) bond motifs is 1. The van der Waals surface area contributed by atoms with Crippen molar-refractivity contribution in [3.05, 3.63) is 11.6 Å². The number of rotatable bonds is 5. The third kappa shape index (κ3) is 1.39. The molecule has 0 N–H and O–H groups in total. The van der Waals surface area contributed by atoms with Gasteiger partial charge in [-0.3, -0.25) is 4.79 Å². The maximum atomic E-state index is 12.2. The summed E-state index contributed by atoms with van der Waals surface area (Å²) >= 11 is 0. The van der Waals surface area contributed by atoms with Crippen molar-refractivity contribution in [1.29, 1.82) is 0 Å². The number of aldehydes is 1. The second-order valence-corrected chi connectivity index (χ2v) is 6.76. The highest BCUT2D eigenvalue weighted by Crippen LogP contribution is 2.77. The average Bonchev–Trinajstić information content (AvgIpc) is 3.22. The molecule has 0 bridgehead atoms. The Hall–Kier alpha value is -1.00. The molecule has 4 heteroatoms. The smallest absolute Gasteiger partial charge is 0.166 e. The maximum Gasteiger partial charge on any atom is 0.166 e. The highest BCUT2D eigenvalue weighted by molar-refractivity contribution is 6.02. The van der Waals surface area contributed by atoms with Crippen LogP contribution in [0.5, 0.6) is 0 Å². The van der Waals surface area contributed by atoms with Crippen LogP contribution in [0.25, 0.3) is 0 Å². The zero-order valence-corrected chi connectivity index (χ0v) is 12.6. The van der Waals surface area contributed by atoms with Gasteiger partial charge in [0.05, 0.1) is 17.1 Å². The fraction of sp³-hybridized carbons (Fsp3) is 0.750. The highest BCUT2D eigenvalue weighted by atomic mass is 16.6. The zero-order chi connectivity index (χ0) is 14.8. The van der Waals surface area contributed by atoms with Gasteiger partial charge in [0, 0.05) is 19.4 Å². The molecule has 20 heavy (non-hydrogen) atoms. The molecule has 3 rings (SSSR count). The number of ketones is 1. The van der Waals surface area contributed by atoms with Crippen molar-refractivity contribution >= 4 is 12.1 Å². The number of epoxide rings is 1. The molecule has 0 aromatic rings. The Kier molecular flexibility index (Phi) is 2.80. The normalized spacial score (nSPS) is 48.7. The predicted molar refractivity (Wildman–Crippen MR) is 73.3 cm³/mol. The lowest BCUT2D eigenvalue weighted by Gasteiger charge is -2.14. The summed E-state index contributed by atoms with van der Waals surface area (Å²) in [4.78, 5) is 23.9. The van der Waals surface area contributed by atoms with Crippen molar-refractivity contribution in [2.75, 3.05) is 7.11 Å². The summed E-state index contributed by atoms with van der Waals surface area (Å²) < 4.78 is 11.4. The van der Waals surface area contributed by atoms with E-state index in [0.29, 0.717) is 12.8 Å². The standard InChI is InChI=1S/C16H22O4/c1-10(2)5-6-12-14(3,20-12)13-15(9-17)8-7-11(18)16(13,15)19-4/h5,9,12-13H,6-8H2,1-4H3/t12-,13-,14+,15-,16+/m1/s1. The third-order valence-corrected chi connectivity index (χ3v) is 5.53. The molecule has 0 spiro atoms. The fourth-order valence-corrected chi connectivity index (χ4v) is 4.49. The van der Waals surface area contributed by atoms with Crippen LogP contribution in [0.4, 0.5) is 0 Å². The third-order valence-electron chi connectivity index (χ3n) is 5.53. The number of Topliss-reactive ketones (excluding diaryl/α,β-unsaturated/α-hetero) is 1. The minimum atomic E-state index is -0.913. The van der Waals surface area contributed by atoms with E-state index in [1.165, 1.54) is 12.7 Å². The highest BCUT2D eigenvalue weighted by Gasteiger charge is 2.91. The van der Waals surface area contributed by atoms with Gasteiger partial charge in [-0.1, -0.05) is 11.6 Å². The molecule has 110 valence electrons. The molecular formula is C16H22O4. The van der Waals surface area contributed by atoms with Gasteiger partial charge in [-0.25, -0.2) is 0 Å². The van der Waals surface area contributed by atoms with Gasteiger partial charge in [-0.15, -0.1) is 0 Å². The van der Waals surface area contributed by atoms with Crippen LogP contribution in [0, 0.1) is 11.3 Å². The number of hydrogen-bond acceptors (Lipinski definition) is 4. The monoisotopic (exact) mass is 278 g/mol. The Morgan fingerprint density at radius 1 is 1.50 bits per heavy atom. The second-order valence-electron chi connectivity index (χ2n) is 6.76. The summed E-state index contributed by atoms with van der Waals surface area (Å²) in [6.45, 7) is 6.12. The van der Waals surface area contributed by atoms with Gasteiger partial charge < -0.3 is 14.3 Å². The molecule has 5 atom stereocenters. The first-order chi connectivity index (χ1) is 9.39. The van der Waals surface area contributed by atoms with Crippen molar-refractivity contribution in [3.63, 3.8) is 0 Å². The number of allylic oxidation sites excluding steroid dienone is 1. The molecule has 0 radical (unpaired) electrons. The number of ether oxygens (including phenoxy) is 2. The van der Waals surface area contributed by atoms with Gasteiger partial charge in [0.25, 0.3) is 0 Å². The lowest BCUT2D eigenvalue weighted by atomic mass is 9.89. The van der Waals surface area contributed by atoms with Crippen molar-refractivity contribution in [2.45, 2.75) is 57.3 Å². The molecule has 3 aliphatic rings. The van der Waals surface area contributed by atoms with E-state index >= 15 is 0 Å². The first-order valence-electron chi connectivity index (χ1n) is 7.25. The van der Waals surface area contributed by atoms with Crippen LogP contribution in [0.1, 0.15) is 40.0 Å². The number of carbonyl (C=O) groups is 2. The molecule has 1 heterocycles. The van der Waals surface area contributed by atoms with Crippen LogP contribution in [-0.4, -0.2) is 36.5 Å². The summed E-state index contributed by atoms with van der Waals surface area (Å²) in [5, 5.41) is 0. The predicted octanol–water partition coefficient (Wildman–Crippen LogP) is 2.06. The summed E-state index contributed by atoms with van der Waals surface area (Å²) in [6, 6.07) is 0. The number of methoxy groups -OCH3 is 1. The van der Waals surface area contributed by atoms with Crippen LogP contribution < -0.4 is 0 Å². The van der Waals surface area contributed by atoms with E-state index in [1.807, 2.05) is 6.92 Å². The summed E-state index contributed by atoms with van der Waals surface area (Å²) in [7, 11) is 1.54.